The van der Waals surface area contributed by atoms with Crippen LogP contribution in [-0.4, -0.2) is 23.1 Å². The maximum absolute atomic E-state index is 12.5. The Morgan fingerprint density at radius 3 is 2.50 bits per heavy atom. The summed E-state index contributed by atoms with van der Waals surface area (Å²) in [6.07, 6.45) is 8.94. The minimum Gasteiger partial charge on any atom is -0.433 e. The van der Waals surface area contributed by atoms with Gasteiger partial charge in [-0.2, -0.15) is 8.78 Å². The van der Waals surface area contributed by atoms with Crippen molar-refractivity contribution in [3.8, 4) is 16.9 Å². The Kier molecular flexibility index (Phi) is 4.96. The highest BCUT2D eigenvalue weighted by Gasteiger charge is 2.35. The summed E-state index contributed by atoms with van der Waals surface area (Å²) in [6.45, 7) is -2.30. The van der Waals surface area contributed by atoms with Gasteiger partial charge in [0.05, 0.1) is 10.4 Å². The van der Waals surface area contributed by atoms with Crippen molar-refractivity contribution in [2.24, 2.45) is 0 Å². The second-order valence-electron chi connectivity index (χ2n) is 6.42. The Morgan fingerprint density at radius 1 is 1.04 bits per heavy atom. The Labute approximate surface area is 165 Å². The average Bonchev–Trinajstić information content (AvgIpc) is 3.21. The van der Waals surface area contributed by atoms with Crippen molar-refractivity contribution >= 4 is 11.6 Å². The molecule has 1 atom stereocenters. The number of rotatable bonds is 5. The van der Waals surface area contributed by atoms with Crippen molar-refractivity contribution < 1.29 is 13.5 Å². The summed E-state index contributed by atoms with van der Waals surface area (Å²) < 4.78 is 29.5. The SMILES string of the molecule is FC(F)Oc1ccc(C2(c3cccc(-c4cncnc4)c3)C=CNC2)cc1Cl. The van der Waals surface area contributed by atoms with Gasteiger partial charge in [0.15, 0.2) is 0 Å². The van der Waals surface area contributed by atoms with E-state index in [1.165, 1.54) is 12.4 Å². The van der Waals surface area contributed by atoms with Crippen LogP contribution >= 0.6 is 11.6 Å². The van der Waals surface area contributed by atoms with Gasteiger partial charge in [-0.25, -0.2) is 9.97 Å². The van der Waals surface area contributed by atoms with Crippen molar-refractivity contribution in [1.29, 1.82) is 0 Å². The van der Waals surface area contributed by atoms with Crippen molar-refractivity contribution in [1.82, 2.24) is 15.3 Å². The smallest absolute Gasteiger partial charge is 0.387 e. The molecule has 1 unspecified atom stereocenters. The largest absolute Gasteiger partial charge is 0.433 e. The Bertz CT molecular complexity index is 1010. The van der Waals surface area contributed by atoms with Gasteiger partial charge in [-0.05, 0) is 41.1 Å². The fourth-order valence-corrected chi connectivity index (χ4v) is 3.66. The molecule has 4 rings (SSSR count). The van der Waals surface area contributed by atoms with Gasteiger partial charge in [0.1, 0.15) is 12.1 Å². The van der Waals surface area contributed by atoms with Crippen LogP contribution in [0.1, 0.15) is 11.1 Å². The molecule has 0 saturated heterocycles. The first kappa shape index (κ1) is 18.4. The van der Waals surface area contributed by atoms with E-state index in [0.29, 0.717) is 6.54 Å². The van der Waals surface area contributed by atoms with Crippen LogP contribution in [0.2, 0.25) is 5.02 Å². The molecule has 0 fully saturated rings. The fraction of sp³-hybridized carbons (Fsp3) is 0.143. The zero-order valence-corrected chi connectivity index (χ0v) is 15.4. The molecule has 0 amide bonds. The first-order valence-electron chi connectivity index (χ1n) is 8.60. The van der Waals surface area contributed by atoms with E-state index in [4.69, 9.17) is 11.6 Å². The molecule has 1 N–H and O–H groups in total. The third kappa shape index (κ3) is 3.43. The number of halogens is 3. The maximum Gasteiger partial charge on any atom is 0.387 e. The van der Waals surface area contributed by atoms with Crippen LogP contribution in [0.15, 0.2) is 73.5 Å². The highest BCUT2D eigenvalue weighted by molar-refractivity contribution is 6.32. The average molecular weight is 400 g/mol. The minimum atomic E-state index is -2.92. The number of hydrogen-bond acceptors (Lipinski definition) is 4. The van der Waals surface area contributed by atoms with Gasteiger partial charge < -0.3 is 10.1 Å². The molecule has 1 aliphatic rings. The lowest BCUT2D eigenvalue weighted by atomic mass is 9.75. The summed E-state index contributed by atoms with van der Waals surface area (Å²) in [6, 6.07) is 13.0. The molecule has 0 spiro atoms. The minimum absolute atomic E-state index is 0.0410. The standard InChI is InChI=1S/C21H16ClF2N3O/c22-18-9-17(4-5-19(18)28-20(23)24)21(6-7-25-12-21)16-3-1-2-14(8-16)15-10-26-13-27-11-15/h1-11,13,20,25H,12H2. The van der Waals surface area contributed by atoms with Crippen molar-refractivity contribution in [2.45, 2.75) is 12.0 Å². The molecule has 0 aliphatic carbocycles. The van der Waals surface area contributed by atoms with E-state index >= 15 is 0 Å². The van der Waals surface area contributed by atoms with Gasteiger partial charge in [0, 0.05) is 24.5 Å². The van der Waals surface area contributed by atoms with E-state index in [9.17, 15) is 8.78 Å². The number of hydrogen-bond donors (Lipinski definition) is 1. The normalized spacial score (nSPS) is 18.3. The molecule has 1 aliphatic heterocycles. The molecule has 142 valence electrons. The van der Waals surface area contributed by atoms with Gasteiger partial charge in [-0.1, -0.05) is 41.9 Å². The number of ether oxygens (including phenoxy) is 1. The lowest BCUT2D eigenvalue weighted by molar-refractivity contribution is -0.0497. The Hall–Kier alpha value is -2.99. The van der Waals surface area contributed by atoms with E-state index < -0.39 is 12.0 Å². The molecule has 1 aromatic heterocycles. The predicted octanol–water partition coefficient (Wildman–Crippen LogP) is 4.80. The Balaban J connectivity index is 1.78. The van der Waals surface area contributed by atoms with Gasteiger partial charge in [-0.3, -0.25) is 0 Å². The zero-order valence-electron chi connectivity index (χ0n) is 14.6. The van der Waals surface area contributed by atoms with Crippen LogP contribution in [0.25, 0.3) is 11.1 Å². The van der Waals surface area contributed by atoms with E-state index in [-0.39, 0.29) is 10.8 Å². The van der Waals surface area contributed by atoms with Crippen molar-refractivity contribution in [3.63, 3.8) is 0 Å². The van der Waals surface area contributed by atoms with Gasteiger partial charge in [0.2, 0.25) is 0 Å². The Morgan fingerprint density at radius 2 is 1.82 bits per heavy atom. The van der Waals surface area contributed by atoms with Crippen LogP contribution in [-0.2, 0) is 5.41 Å². The van der Waals surface area contributed by atoms with E-state index in [2.05, 4.69) is 26.1 Å². The third-order valence-electron chi connectivity index (χ3n) is 4.80. The van der Waals surface area contributed by atoms with Crippen LogP contribution in [0.3, 0.4) is 0 Å². The summed E-state index contributed by atoms with van der Waals surface area (Å²) in [4.78, 5) is 8.16. The second-order valence-corrected chi connectivity index (χ2v) is 6.82. The highest BCUT2D eigenvalue weighted by atomic mass is 35.5. The molecule has 2 aromatic carbocycles. The predicted molar refractivity (Wildman–Crippen MR) is 103 cm³/mol. The monoisotopic (exact) mass is 399 g/mol. The molecule has 0 radical (unpaired) electrons. The molecule has 7 heteroatoms. The molecule has 4 nitrogen and oxygen atoms in total. The highest BCUT2D eigenvalue weighted by Crippen LogP contribution is 2.40. The van der Waals surface area contributed by atoms with Crippen LogP contribution in [0, 0.1) is 0 Å². The van der Waals surface area contributed by atoms with Crippen molar-refractivity contribution in [2.75, 3.05) is 6.54 Å². The molecule has 0 bridgehead atoms. The lowest BCUT2D eigenvalue weighted by Gasteiger charge is -2.29. The molecule has 28 heavy (non-hydrogen) atoms. The zero-order chi connectivity index (χ0) is 19.6. The van der Waals surface area contributed by atoms with Crippen LogP contribution in [0.4, 0.5) is 8.78 Å². The molecular weight excluding hydrogens is 384 g/mol. The van der Waals surface area contributed by atoms with Gasteiger partial charge in [-0.15, -0.1) is 0 Å². The third-order valence-corrected chi connectivity index (χ3v) is 5.10. The molecular formula is C21H16ClF2N3O. The van der Waals surface area contributed by atoms with Crippen molar-refractivity contribution in [3.05, 3.63) is 89.6 Å². The van der Waals surface area contributed by atoms with E-state index in [1.54, 1.807) is 24.5 Å². The van der Waals surface area contributed by atoms with E-state index in [1.807, 2.05) is 30.5 Å². The first-order valence-corrected chi connectivity index (χ1v) is 8.98. The van der Waals surface area contributed by atoms with Gasteiger partial charge >= 0.3 is 6.61 Å². The van der Waals surface area contributed by atoms with E-state index in [0.717, 1.165) is 22.3 Å². The summed E-state index contributed by atoms with van der Waals surface area (Å²) in [5.74, 6) is -0.0410. The molecule has 0 saturated carbocycles. The van der Waals surface area contributed by atoms with Gasteiger partial charge in [0.25, 0.3) is 0 Å². The van der Waals surface area contributed by atoms with Crippen LogP contribution in [0.5, 0.6) is 5.75 Å². The summed E-state index contributed by atoms with van der Waals surface area (Å²) >= 11 is 6.21. The maximum atomic E-state index is 12.5. The lowest BCUT2D eigenvalue weighted by Crippen LogP contribution is -2.31. The summed E-state index contributed by atoms with van der Waals surface area (Å²) in [7, 11) is 0. The second kappa shape index (κ2) is 7.56. The molecule has 3 aromatic rings. The number of aromatic nitrogens is 2. The number of nitrogens with one attached hydrogen (secondary N) is 1. The fourth-order valence-electron chi connectivity index (χ4n) is 3.44. The first-order chi connectivity index (χ1) is 13.6. The summed E-state index contributed by atoms with van der Waals surface area (Å²) in [5.41, 5.74) is 3.32. The quantitative estimate of drug-likeness (QED) is 0.669. The number of benzene rings is 2. The molecule has 2 heterocycles. The van der Waals surface area contributed by atoms with Crippen LogP contribution < -0.4 is 10.1 Å². The topological polar surface area (TPSA) is 47.0 Å². The number of nitrogens with zero attached hydrogens (tertiary/aromatic N) is 2. The number of alkyl halides is 2. The summed E-state index contributed by atoms with van der Waals surface area (Å²) in [5, 5.41) is 3.38.